The van der Waals surface area contributed by atoms with Gasteiger partial charge in [0.25, 0.3) is 0 Å². The van der Waals surface area contributed by atoms with Crippen LogP contribution in [0.4, 0.5) is 0 Å². The molecule has 0 saturated heterocycles. The molecule has 0 amide bonds. The van der Waals surface area contributed by atoms with Crippen LogP contribution < -0.4 is 4.74 Å². The van der Waals surface area contributed by atoms with Crippen molar-refractivity contribution in [1.82, 2.24) is 0 Å². The molecule has 0 atom stereocenters. The van der Waals surface area contributed by atoms with Crippen LogP contribution in [0.3, 0.4) is 0 Å². The Labute approximate surface area is 129 Å². The Morgan fingerprint density at radius 3 is 2.29 bits per heavy atom. The number of hydrogen-bond acceptors (Lipinski definition) is 1. The number of methoxy groups -OCH3 is 1. The monoisotopic (exact) mass is 282 g/mol. The first-order valence-corrected chi connectivity index (χ1v) is 8.06. The van der Waals surface area contributed by atoms with Crippen molar-refractivity contribution >= 4 is 0 Å². The second-order valence-electron chi connectivity index (χ2n) is 6.02. The Morgan fingerprint density at radius 1 is 1.10 bits per heavy atom. The van der Waals surface area contributed by atoms with Gasteiger partial charge in [-0.25, -0.2) is 0 Å². The van der Waals surface area contributed by atoms with Crippen molar-refractivity contribution in [2.75, 3.05) is 7.11 Å². The quantitative estimate of drug-likeness (QED) is 0.536. The fourth-order valence-electron chi connectivity index (χ4n) is 3.12. The van der Waals surface area contributed by atoms with Gasteiger partial charge in [0.2, 0.25) is 0 Å². The van der Waals surface area contributed by atoms with Gasteiger partial charge in [-0.3, -0.25) is 0 Å². The third-order valence-electron chi connectivity index (χ3n) is 4.41. The molecule has 1 aliphatic rings. The molecule has 112 valence electrons. The minimum atomic E-state index is 0.141. The Kier molecular flexibility index (Phi) is 5.93. The summed E-state index contributed by atoms with van der Waals surface area (Å²) in [6.07, 6.45) is 12.2. The summed E-state index contributed by atoms with van der Waals surface area (Å²) in [5.41, 5.74) is 1.21. The smallest absolute Gasteiger partial charge is 0.118 e. The summed E-state index contributed by atoms with van der Waals surface area (Å²) in [6, 6.07) is 8.03. The summed E-state index contributed by atoms with van der Waals surface area (Å²) in [5, 5.41) is 0. The highest BCUT2D eigenvalue weighted by Gasteiger charge is 2.26. The molecule has 1 saturated carbocycles. The van der Waals surface area contributed by atoms with Gasteiger partial charge in [0, 0.05) is 11.0 Å². The van der Waals surface area contributed by atoms with Crippen molar-refractivity contribution in [1.29, 1.82) is 0 Å². The zero-order valence-electron chi connectivity index (χ0n) is 13.2. The van der Waals surface area contributed by atoms with Gasteiger partial charge < -0.3 is 4.74 Å². The van der Waals surface area contributed by atoms with Crippen molar-refractivity contribution < 1.29 is 4.74 Å². The average molecular weight is 282 g/mol. The number of rotatable bonds is 3. The first-order valence-electron chi connectivity index (χ1n) is 8.06. The summed E-state index contributed by atoms with van der Waals surface area (Å²) < 4.78 is 5.19. The first-order chi connectivity index (χ1) is 10.3. The van der Waals surface area contributed by atoms with Gasteiger partial charge >= 0.3 is 0 Å². The largest absolute Gasteiger partial charge is 0.497 e. The van der Waals surface area contributed by atoms with Crippen LogP contribution in [0.15, 0.2) is 36.9 Å². The molecule has 21 heavy (non-hydrogen) atoms. The second-order valence-corrected chi connectivity index (χ2v) is 6.02. The molecule has 0 aromatic heterocycles. The Balaban J connectivity index is 2.17. The summed E-state index contributed by atoms with van der Waals surface area (Å²) in [7, 11) is 1.69. The van der Waals surface area contributed by atoms with E-state index >= 15 is 0 Å². The van der Waals surface area contributed by atoms with Gasteiger partial charge in [0.15, 0.2) is 0 Å². The lowest BCUT2D eigenvalue weighted by molar-refractivity contribution is 0.296. The van der Waals surface area contributed by atoms with Crippen molar-refractivity contribution in [2.45, 2.75) is 51.4 Å². The lowest BCUT2D eigenvalue weighted by Crippen LogP contribution is -2.19. The van der Waals surface area contributed by atoms with Crippen LogP contribution in [0.5, 0.6) is 5.75 Å². The summed E-state index contributed by atoms with van der Waals surface area (Å²) in [5.74, 6) is 7.86. The van der Waals surface area contributed by atoms with E-state index in [1.165, 1.54) is 44.9 Å². The van der Waals surface area contributed by atoms with Gasteiger partial charge in [-0.05, 0) is 43.5 Å². The average Bonchev–Trinajstić information content (AvgIpc) is 2.49. The topological polar surface area (TPSA) is 9.23 Å². The molecule has 0 N–H and O–H groups in total. The van der Waals surface area contributed by atoms with Crippen LogP contribution in [0, 0.1) is 17.3 Å². The minimum Gasteiger partial charge on any atom is -0.497 e. The summed E-state index contributed by atoms with van der Waals surface area (Å²) in [6.45, 7) is 3.95. The molecule has 1 nitrogen and oxygen atoms in total. The molecule has 0 unspecified atom stereocenters. The summed E-state index contributed by atoms with van der Waals surface area (Å²) >= 11 is 0. The zero-order valence-corrected chi connectivity index (χ0v) is 13.2. The third-order valence-corrected chi connectivity index (χ3v) is 4.41. The molecule has 2 rings (SSSR count). The fourth-order valence-corrected chi connectivity index (χ4v) is 3.12. The molecule has 1 heteroatoms. The SMILES string of the molecule is C=CCC1(C#Cc2ccc(OC)cc2)CCCCCCC1. The maximum atomic E-state index is 5.19. The third kappa shape index (κ3) is 4.67. The normalized spacial score (nSPS) is 17.8. The van der Waals surface area contributed by atoms with E-state index in [1.54, 1.807) is 7.11 Å². The lowest BCUT2D eigenvalue weighted by atomic mass is 9.74. The van der Waals surface area contributed by atoms with Crippen LogP contribution in [0.25, 0.3) is 0 Å². The maximum absolute atomic E-state index is 5.19. The van der Waals surface area contributed by atoms with Crippen LogP contribution in [0.2, 0.25) is 0 Å². The second kappa shape index (κ2) is 7.93. The molecule has 1 fully saturated rings. The Hall–Kier alpha value is -1.68. The molecule has 1 aromatic rings. The van der Waals surface area contributed by atoms with Gasteiger partial charge in [-0.15, -0.1) is 6.58 Å². The van der Waals surface area contributed by atoms with Crippen LogP contribution in [-0.2, 0) is 0 Å². The van der Waals surface area contributed by atoms with Crippen molar-refractivity contribution in [3.05, 3.63) is 42.5 Å². The van der Waals surface area contributed by atoms with Gasteiger partial charge in [0.1, 0.15) is 5.75 Å². The van der Waals surface area contributed by atoms with Gasteiger partial charge in [-0.2, -0.15) is 0 Å². The van der Waals surface area contributed by atoms with E-state index < -0.39 is 0 Å². The molecule has 0 radical (unpaired) electrons. The number of allylic oxidation sites excluding steroid dienone is 1. The summed E-state index contributed by atoms with van der Waals surface area (Å²) in [4.78, 5) is 0. The molecular formula is C20H26O. The zero-order chi connectivity index (χ0) is 15.0. The van der Waals surface area contributed by atoms with E-state index in [-0.39, 0.29) is 5.41 Å². The highest BCUT2D eigenvalue weighted by molar-refractivity contribution is 5.39. The molecule has 1 aromatic carbocycles. The highest BCUT2D eigenvalue weighted by Crippen LogP contribution is 2.37. The van der Waals surface area contributed by atoms with Gasteiger partial charge in [0.05, 0.1) is 7.11 Å². The molecule has 0 bridgehead atoms. The van der Waals surface area contributed by atoms with Crippen LogP contribution in [-0.4, -0.2) is 7.11 Å². The van der Waals surface area contributed by atoms with E-state index in [9.17, 15) is 0 Å². The predicted molar refractivity (Wildman–Crippen MR) is 89.4 cm³/mol. The van der Waals surface area contributed by atoms with E-state index in [0.717, 1.165) is 17.7 Å². The molecule has 0 heterocycles. The maximum Gasteiger partial charge on any atom is 0.118 e. The number of benzene rings is 1. The van der Waals surface area contributed by atoms with Gasteiger partial charge in [-0.1, -0.05) is 50.0 Å². The van der Waals surface area contributed by atoms with E-state index in [4.69, 9.17) is 4.74 Å². The number of ether oxygens (including phenoxy) is 1. The first kappa shape index (κ1) is 15.7. The number of hydrogen-bond donors (Lipinski definition) is 0. The molecule has 0 aliphatic heterocycles. The predicted octanol–water partition coefficient (Wildman–Crippen LogP) is 5.35. The molecule has 0 spiro atoms. The standard InChI is InChI=1S/C20H26O/c1-3-14-20(15-7-5-4-6-8-16-20)17-13-18-9-11-19(21-2)12-10-18/h3,9-12H,1,4-8,14-16H2,2H3. The fraction of sp³-hybridized carbons (Fsp3) is 0.500. The van der Waals surface area contributed by atoms with Crippen LogP contribution >= 0.6 is 0 Å². The van der Waals surface area contributed by atoms with Crippen molar-refractivity contribution in [2.24, 2.45) is 5.41 Å². The Morgan fingerprint density at radius 2 is 1.71 bits per heavy atom. The molecule has 1 aliphatic carbocycles. The van der Waals surface area contributed by atoms with Crippen molar-refractivity contribution in [3.8, 4) is 17.6 Å². The van der Waals surface area contributed by atoms with Crippen LogP contribution in [0.1, 0.15) is 56.9 Å². The highest BCUT2D eigenvalue weighted by atomic mass is 16.5. The van der Waals surface area contributed by atoms with Crippen molar-refractivity contribution in [3.63, 3.8) is 0 Å². The molecular weight excluding hydrogens is 256 g/mol. The van der Waals surface area contributed by atoms with E-state index in [0.29, 0.717) is 0 Å². The van der Waals surface area contributed by atoms with E-state index in [2.05, 4.69) is 18.4 Å². The van der Waals surface area contributed by atoms with E-state index in [1.807, 2.05) is 30.3 Å². The minimum absolute atomic E-state index is 0.141. The lowest BCUT2D eigenvalue weighted by Gasteiger charge is -2.29. The Bertz CT molecular complexity index is 493.